The van der Waals surface area contributed by atoms with Gasteiger partial charge in [-0.15, -0.1) is 0 Å². The molecular weight excluding hydrogens is 875 g/mol. The molecular formula is C61H121NO8. The number of rotatable bonds is 55. The molecule has 1 saturated heterocycles. The molecule has 1 heterocycles. The van der Waals surface area contributed by atoms with Crippen LogP contribution in [0.2, 0.25) is 0 Å². The predicted molar refractivity (Wildman–Crippen MR) is 295 cm³/mol. The molecule has 9 heteroatoms. The summed E-state index contributed by atoms with van der Waals surface area (Å²) in [7, 11) is 0. The molecule has 1 aliphatic heterocycles. The fourth-order valence-electron chi connectivity index (χ4n) is 10.5. The largest absolute Gasteiger partial charge is 0.394 e. The molecule has 0 aromatic rings. The van der Waals surface area contributed by atoms with E-state index in [4.69, 9.17) is 9.47 Å². The van der Waals surface area contributed by atoms with Gasteiger partial charge in [0.05, 0.1) is 25.4 Å². The normalized spacial score (nSPS) is 19.2. The van der Waals surface area contributed by atoms with Crippen molar-refractivity contribution in [3.05, 3.63) is 0 Å². The minimum absolute atomic E-state index is 0.132. The first kappa shape index (κ1) is 67.2. The molecule has 0 aliphatic carbocycles. The number of ether oxygens (including phenoxy) is 2. The van der Waals surface area contributed by atoms with Gasteiger partial charge in [-0.25, -0.2) is 0 Å². The maximum atomic E-state index is 13.0. The summed E-state index contributed by atoms with van der Waals surface area (Å²) in [5, 5.41) is 54.5. The Morgan fingerprint density at radius 2 is 0.714 bits per heavy atom. The molecule has 0 radical (unpaired) electrons. The van der Waals surface area contributed by atoms with Crippen molar-refractivity contribution in [2.45, 2.75) is 371 Å². The van der Waals surface area contributed by atoms with Gasteiger partial charge < -0.3 is 40.3 Å². The molecule has 1 rings (SSSR count). The quantitative estimate of drug-likeness (QED) is 0.0330. The highest BCUT2D eigenvalue weighted by atomic mass is 16.7. The van der Waals surface area contributed by atoms with Gasteiger partial charge in [0.15, 0.2) is 6.29 Å². The van der Waals surface area contributed by atoms with Gasteiger partial charge in [0.25, 0.3) is 0 Å². The van der Waals surface area contributed by atoms with Crippen molar-refractivity contribution < 1.29 is 39.8 Å². The first-order valence-corrected chi connectivity index (χ1v) is 31.2. The Kier molecular flexibility index (Phi) is 49.6. The van der Waals surface area contributed by atoms with E-state index in [1.807, 2.05) is 0 Å². The van der Waals surface area contributed by atoms with E-state index in [1.54, 1.807) is 0 Å². The Morgan fingerprint density at radius 3 is 1.01 bits per heavy atom. The Bertz CT molecular complexity index is 1060. The van der Waals surface area contributed by atoms with E-state index in [0.29, 0.717) is 12.8 Å². The Morgan fingerprint density at radius 1 is 0.429 bits per heavy atom. The van der Waals surface area contributed by atoms with Gasteiger partial charge in [0.2, 0.25) is 5.91 Å². The Hall–Kier alpha value is -0.810. The van der Waals surface area contributed by atoms with Gasteiger partial charge in [0.1, 0.15) is 24.4 Å². The molecule has 1 aliphatic rings. The number of unbranched alkanes of at least 4 members (excludes halogenated alkanes) is 45. The van der Waals surface area contributed by atoms with Crippen LogP contribution in [-0.4, -0.2) is 87.5 Å². The first-order chi connectivity index (χ1) is 34.3. The zero-order valence-electron chi connectivity index (χ0n) is 46.6. The van der Waals surface area contributed by atoms with E-state index in [1.165, 1.54) is 263 Å². The molecule has 0 aromatic heterocycles. The molecule has 0 spiro atoms. The van der Waals surface area contributed by atoms with E-state index in [-0.39, 0.29) is 12.5 Å². The number of aliphatic hydroxyl groups excluding tert-OH is 5. The number of carbonyl (C=O) groups is 1. The maximum absolute atomic E-state index is 13.0. The molecule has 0 bridgehead atoms. The Labute approximate surface area is 434 Å². The van der Waals surface area contributed by atoms with Crippen LogP contribution in [0.15, 0.2) is 0 Å². The van der Waals surface area contributed by atoms with E-state index in [9.17, 15) is 30.3 Å². The van der Waals surface area contributed by atoms with Gasteiger partial charge in [-0.1, -0.05) is 309 Å². The van der Waals surface area contributed by atoms with Crippen molar-refractivity contribution in [2.24, 2.45) is 0 Å². The highest BCUT2D eigenvalue weighted by Gasteiger charge is 2.44. The van der Waals surface area contributed by atoms with Crippen LogP contribution in [0, 0.1) is 0 Å². The zero-order valence-corrected chi connectivity index (χ0v) is 46.6. The molecule has 0 saturated carbocycles. The van der Waals surface area contributed by atoms with Crippen molar-refractivity contribution in [3.8, 4) is 0 Å². The van der Waals surface area contributed by atoms with Crippen LogP contribution >= 0.6 is 0 Å². The second-order valence-electron chi connectivity index (χ2n) is 22.2. The molecule has 70 heavy (non-hydrogen) atoms. The highest BCUT2D eigenvalue weighted by Crippen LogP contribution is 2.24. The fraction of sp³-hybridized carbons (Fsp3) is 0.984. The second kappa shape index (κ2) is 51.7. The van der Waals surface area contributed by atoms with Crippen LogP contribution in [0.1, 0.15) is 328 Å². The van der Waals surface area contributed by atoms with Crippen LogP contribution in [-0.2, 0) is 14.3 Å². The number of hydrogen-bond acceptors (Lipinski definition) is 8. The average molecular weight is 997 g/mol. The van der Waals surface area contributed by atoms with Crippen LogP contribution < -0.4 is 5.32 Å². The van der Waals surface area contributed by atoms with E-state index in [2.05, 4.69) is 19.2 Å². The summed E-state index contributed by atoms with van der Waals surface area (Å²) >= 11 is 0. The zero-order chi connectivity index (χ0) is 50.8. The van der Waals surface area contributed by atoms with Gasteiger partial charge in [0, 0.05) is 6.42 Å². The van der Waals surface area contributed by atoms with Crippen molar-refractivity contribution in [3.63, 3.8) is 0 Å². The smallest absolute Gasteiger partial charge is 0.220 e. The number of amides is 1. The highest BCUT2D eigenvalue weighted by molar-refractivity contribution is 5.76. The van der Waals surface area contributed by atoms with Crippen molar-refractivity contribution >= 4 is 5.91 Å². The standard InChI is InChI=1S/C61H121NO8/c1-3-5-7-9-11-13-15-16-17-18-19-20-21-22-23-24-25-26-27-28-29-30-31-32-33-34-35-36-37-38-39-40-41-43-45-47-49-51-57(65)62-54(53-69-61-60(68)59(67)58(66)56(52-63)70-61)55(64)50-48-46-44-42-14-12-10-8-6-4-2/h54-56,58-61,63-64,66-68H,3-53H2,1-2H3,(H,62,65). The van der Waals surface area contributed by atoms with Gasteiger partial charge in [-0.3, -0.25) is 4.79 Å². The van der Waals surface area contributed by atoms with Crippen LogP contribution in [0.3, 0.4) is 0 Å². The first-order valence-electron chi connectivity index (χ1n) is 31.2. The van der Waals surface area contributed by atoms with Crippen LogP contribution in [0.25, 0.3) is 0 Å². The summed E-state index contributed by atoms with van der Waals surface area (Å²) in [6.45, 7) is 3.86. The maximum Gasteiger partial charge on any atom is 0.220 e. The van der Waals surface area contributed by atoms with Crippen LogP contribution in [0.4, 0.5) is 0 Å². The number of hydrogen-bond donors (Lipinski definition) is 6. The monoisotopic (exact) mass is 996 g/mol. The van der Waals surface area contributed by atoms with E-state index < -0.39 is 49.5 Å². The lowest BCUT2D eigenvalue weighted by Crippen LogP contribution is -2.60. The van der Waals surface area contributed by atoms with Crippen molar-refractivity contribution in [2.75, 3.05) is 13.2 Å². The summed E-state index contributed by atoms with van der Waals surface area (Å²) in [6, 6.07) is -0.712. The number of aliphatic hydroxyl groups is 5. The molecule has 418 valence electrons. The topological polar surface area (TPSA) is 149 Å². The van der Waals surface area contributed by atoms with Gasteiger partial charge >= 0.3 is 0 Å². The lowest BCUT2D eigenvalue weighted by molar-refractivity contribution is -0.302. The third-order valence-electron chi connectivity index (χ3n) is 15.5. The molecule has 9 nitrogen and oxygen atoms in total. The predicted octanol–water partition coefficient (Wildman–Crippen LogP) is 15.8. The molecule has 7 unspecified atom stereocenters. The molecule has 6 N–H and O–H groups in total. The average Bonchev–Trinajstić information content (AvgIpc) is 3.36. The number of nitrogens with one attached hydrogen (secondary N) is 1. The summed E-state index contributed by atoms with van der Waals surface area (Å²) in [5.74, 6) is -0.138. The summed E-state index contributed by atoms with van der Waals surface area (Å²) in [6.07, 6.45) is 56.2. The van der Waals surface area contributed by atoms with Gasteiger partial charge in [-0.05, 0) is 12.8 Å². The van der Waals surface area contributed by atoms with Crippen LogP contribution in [0.5, 0.6) is 0 Å². The van der Waals surface area contributed by atoms with Crippen molar-refractivity contribution in [1.82, 2.24) is 5.32 Å². The third kappa shape index (κ3) is 40.6. The fourth-order valence-corrected chi connectivity index (χ4v) is 10.5. The Balaban J connectivity index is 1.98. The minimum atomic E-state index is -1.55. The lowest BCUT2D eigenvalue weighted by atomic mass is 9.99. The molecule has 1 fully saturated rings. The lowest BCUT2D eigenvalue weighted by Gasteiger charge is -2.40. The summed E-state index contributed by atoms with van der Waals surface area (Å²) in [4.78, 5) is 13.0. The number of carbonyl (C=O) groups excluding carboxylic acids is 1. The van der Waals surface area contributed by atoms with Gasteiger partial charge in [-0.2, -0.15) is 0 Å². The summed E-state index contributed by atoms with van der Waals surface area (Å²) < 4.78 is 11.3. The molecule has 1 amide bonds. The van der Waals surface area contributed by atoms with E-state index in [0.717, 1.165) is 38.5 Å². The second-order valence-corrected chi connectivity index (χ2v) is 22.2. The molecule has 7 atom stereocenters. The summed E-state index contributed by atoms with van der Waals surface area (Å²) in [5.41, 5.74) is 0. The van der Waals surface area contributed by atoms with E-state index >= 15 is 0 Å². The van der Waals surface area contributed by atoms with Crippen molar-refractivity contribution in [1.29, 1.82) is 0 Å². The third-order valence-corrected chi connectivity index (χ3v) is 15.5. The SMILES string of the molecule is CCCCCCCCCCCCCCCCCCCCCCCCCCCCCCCCCCCCCCCC(=O)NC(COC1OC(CO)C(O)C(O)C1O)C(O)CCCCCCCCCCCC. The minimum Gasteiger partial charge on any atom is -0.394 e. The molecule has 0 aromatic carbocycles.